The van der Waals surface area contributed by atoms with Gasteiger partial charge in [-0.15, -0.1) is 0 Å². The number of carbonyl (C=O) groups excluding carboxylic acids is 1. The predicted octanol–water partition coefficient (Wildman–Crippen LogP) is 1.88. The van der Waals surface area contributed by atoms with Gasteiger partial charge in [-0.25, -0.2) is 9.59 Å². The van der Waals surface area contributed by atoms with Gasteiger partial charge < -0.3 is 14.6 Å². The van der Waals surface area contributed by atoms with E-state index in [4.69, 9.17) is 14.6 Å². The van der Waals surface area contributed by atoms with Crippen molar-refractivity contribution < 1.29 is 24.2 Å². The van der Waals surface area contributed by atoms with Crippen LogP contribution in [-0.2, 0) is 14.3 Å². The topological polar surface area (TPSA) is 76.1 Å². The van der Waals surface area contributed by atoms with E-state index in [1.54, 1.807) is 20.8 Å². The normalized spacial score (nSPS) is 23.5. The lowest BCUT2D eigenvalue weighted by Crippen LogP contribution is -2.43. The summed E-state index contributed by atoms with van der Waals surface area (Å²) in [5.74, 6) is -1.02. The van der Waals surface area contributed by atoms with Crippen LogP contribution in [0.3, 0.4) is 0 Å². The van der Waals surface area contributed by atoms with E-state index in [1.807, 2.05) is 6.92 Å². The second-order valence-corrected chi connectivity index (χ2v) is 5.72. The minimum atomic E-state index is -1.02. The second kappa shape index (κ2) is 6.23. The third-order valence-electron chi connectivity index (χ3n) is 2.73. The van der Waals surface area contributed by atoms with Crippen molar-refractivity contribution in [1.82, 2.24) is 4.90 Å². The molecular formula is C13H23NO5. The maximum atomic E-state index is 12.0. The molecule has 6 heteroatoms. The minimum absolute atomic E-state index is 0.228. The van der Waals surface area contributed by atoms with Crippen molar-refractivity contribution in [2.24, 2.45) is 0 Å². The van der Waals surface area contributed by atoms with Crippen LogP contribution in [0.5, 0.6) is 0 Å². The third-order valence-corrected chi connectivity index (χ3v) is 2.73. The molecule has 1 heterocycles. The summed E-state index contributed by atoms with van der Waals surface area (Å²) in [5.41, 5.74) is -0.636. The van der Waals surface area contributed by atoms with Crippen LogP contribution in [0.4, 0.5) is 4.79 Å². The summed E-state index contributed by atoms with van der Waals surface area (Å²) in [5, 5.41) is 9.17. The number of likely N-dealkylation sites (tertiary alicyclic amines) is 1. The number of amides is 1. The summed E-state index contributed by atoms with van der Waals surface area (Å²) in [6.07, 6.45) is 0.353. The van der Waals surface area contributed by atoms with Crippen molar-refractivity contribution in [3.05, 3.63) is 0 Å². The van der Waals surface area contributed by atoms with E-state index >= 15 is 0 Å². The Kier molecular flexibility index (Phi) is 5.17. The SMILES string of the molecule is CCCO[C@@H]1C[C@H](C(=O)O)N(C(=O)OC(C)(C)C)C1. The fourth-order valence-electron chi connectivity index (χ4n) is 1.96. The van der Waals surface area contributed by atoms with E-state index < -0.39 is 23.7 Å². The van der Waals surface area contributed by atoms with Crippen molar-refractivity contribution in [3.8, 4) is 0 Å². The van der Waals surface area contributed by atoms with Crippen molar-refractivity contribution in [3.63, 3.8) is 0 Å². The molecule has 1 fully saturated rings. The molecule has 0 radical (unpaired) electrons. The van der Waals surface area contributed by atoms with E-state index in [-0.39, 0.29) is 12.6 Å². The van der Waals surface area contributed by atoms with E-state index in [0.717, 1.165) is 6.42 Å². The standard InChI is InChI=1S/C13H23NO5/c1-5-6-18-9-7-10(11(15)16)14(8-9)12(17)19-13(2,3)4/h9-10H,5-8H2,1-4H3,(H,15,16)/t9-,10-/m1/s1. The smallest absolute Gasteiger partial charge is 0.411 e. The zero-order valence-electron chi connectivity index (χ0n) is 12.0. The molecule has 1 aliphatic rings. The Hall–Kier alpha value is -1.30. The molecule has 6 nitrogen and oxygen atoms in total. The van der Waals surface area contributed by atoms with Gasteiger partial charge in [-0.05, 0) is 27.2 Å². The number of carboxylic acids is 1. The average molecular weight is 273 g/mol. The zero-order chi connectivity index (χ0) is 14.6. The van der Waals surface area contributed by atoms with Gasteiger partial charge >= 0.3 is 12.1 Å². The Bertz CT molecular complexity index is 336. The number of carboxylic acid groups (broad SMARTS) is 1. The number of rotatable bonds is 4. The number of ether oxygens (including phenoxy) is 2. The Morgan fingerprint density at radius 3 is 2.47 bits per heavy atom. The fraction of sp³-hybridized carbons (Fsp3) is 0.846. The first-order chi connectivity index (χ1) is 8.74. The summed E-state index contributed by atoms with van der Waals surface area (Å²) < 4.78 is 10.8. The quantitative estimate of drug-likeness (QED) is 0.846. The lowest BCUT2D eigenvalue weighted by Gasteiger charge is -2.26. The van der Waals surface area contributed by atoms with Gasteiger partial charge in [0, 0.05) is 13.0 Å². The maximum Gasteiger partial charge on any atom is 0.411 e. The average Bonchev–Trinajstić information content (AvgIpc) is 2.68. The Labute approximate surface area is 113 Å². The molecule has 1 N–H and O–H groups in total. The van der Waals surface area contributed by atoms with Gasteiger partial charge in [-0.1, -0.05) is 6.92 Å². The molecule has 1 aliphatic heterocycles. The van der Waals surface area contributed by atoms with E-state index in [2.05, 4.69) is 0 Å². The van der Waals surface area contributed by atoms with Gasteiger partial charge in [0.05, 0.1) is 12.6 Å². The highest BCUT2D eigenvalue weighted by molar-refractivity contribution is 5.81. The molecule has 19 heavy (non-hydrogen) atoms. The summed E-state index contributed by atoms with van der Waals surface area (Å²) in [6, 6.07) is -0.864. The zero-order valence-corrected chi connectivity index (χ0v) is 12.0. The van der Waals surface area contributed by atoms with Crippen LogP contribution < -0.4 is 0 Å². The Morgan fingerprint density at radius 1 is 1.37 bits per heavy atom. The lowest BCUT2D eigenvalue weighted by molar-refractivity contribution is -0.142. The maximum absolute atomic E-state index is 12.0. The first-order valence-corrected chi connectivity index (χ1v) is 6.58. The highest BCUT2D eigenvalue weighted by Gasteiger charge is 2.41. The number of carbonyl (C=O) groups is 2. The van der Waals surface area contributed by atoms with Gasteiger partial charge in [-0.2, -0.15) is 0 Å². The van der Waals surface area contributed by atoms with Crippen LogP contribution in [0.15, 0.2) is 0 Å². The third kappa shape index (κ3) is 4.70. The van der Waals surface area contributed by atoms with Gasteiger partial charge in [-0.3, -0.25) is 4.90 Å². The van der Waals surface area contributed by atoms with Crippen molar-refractivity contribution in [2.75, 3.05) is 13.2 Å². The molecule has 1 amide bonds. The van der Waals surface area contributed by atoms with Crippen molar-refractivity contribution in [2.45, 2.75) is 58.3 Å². The van der Waals surface area contributed by atoms with Crippen LogP contribution in [0, 0.1) is 0 Å². The van der Waals surface area contributed by atoms with Gasteiger partial charge in [0.2, 0.25) is 0 Å². The molecule has 1 rings (SSSR count). The molecule has 0 unspecified atom stereocenters. The van der Waals surface area contributed by atoms with Crippen LogP contribution in [0.1, 0.15) is 40.5 Å². The van der Waals surface area contributed by atoms with Gasteiger partial charge in [0.15, 0.2) is 0 Å². The second-order valence-electron chi connectivity index (χ2n) is 5.72. The molecule has 2 atom stereocenters. The van der Waals surface area contributed by atoms with Crippen LogP contribution >= 0.6 is 0 Å². The monoisotopic (exact) mass is 273 g/mol. The highest BCUT2D eigenvalue weighted by Crippen LogP contribution is 2.23. The predicted molar refractivity (Wildman–Crippen MR) is 69.0 cm³/mol. The van der Waals surface area contributed by atoms with Gasteiger partial charge in [0.1, 0.15) is 11.6 Å². The van der Waals surface area contributed by atoms with Gasteiger partial charge in [0.25, 0.3) is 0 Å². The van der Waals surface area contributed by atoms with Crippen molar-refractivity contribution in [1.29, 1.82) is 0 Å². The van der Waals surface area contributed by atoms with Crippen molar-refractivity contribution >= 4 is 12.1 Å². The highest BCUT2D eigenvalue weighted by atomic mass is 16.6. The minimum Gasteiger partial charge on any atom is -0.480 e. The lowest BCUT2D eigenvalue weighted by atomic mass is 10.2. The van der Waals surface area contributed by atoms with E-state index in [9.17, 15) is 9.59 Å². The van der Waals surface area contributed by atoms with E-state index in [1.165, 1.54) is 4.90 Å². The molecule has 0 aromatic rings. The van der Waals surface area contributed by atoms with Crippen LogP contribution in [0.2, 0.25) is 0 Å². The molecular weight excluding hydrogens is 250 g/mol. The summed E-state index contributed by atoms with van der Waals surface area (Å²) in [4.78, 5) is 24.4. The van der Waals surface area contributed by atoms with Crippen LogP contribution in [0.25, 0.3) is 0 Å². The van der Waals surface area contributed by atoms with E-state index in [0.29, 0.717) is 13.0 Å². The molecule has 0 saturated carbocycles. The first-order valence-electron chi connectivity index (χ1n) is 6.58. The number of aliphatic carboxylic acids is 1. The molecule has 110 valence electrons. The Balaban J connectivity index is 2.68. The Morgan fingerprint density at radius 2 is 2.00 bits per heavy atom. The molecule has 0 aromatic heterocycles. The molecule has 0 spiro atoms. The largest absolute Gasteiger partial charge is 0.480 e. The van der Waals surface area contributed by atoms with Crippen LogP contribution in [-0.4, -0.2) is 53.0 Å². The summed E-state index contributed by atoms with van der Waals surface area (Å²) in [7, 11) is 0. The molecule has 0 aromatic carbocycles. The first kappa shape index (κ1) is 15.8. The molecule has 0 aliphatic carbocycles. The number of hydrogen-bond donors (Lipinski definition) is 1. The number of hydrogen-bond acceptors (Lipinski definition) is 4. The molecule has 1 saturated heterocycles. The summed E-state index contributed by atoms with van der Waals surface area (Å²) >= 11 is 0. The molecule has 0 bridgehead atoms. The fourth-order valence-corrected chi connectivity index (χ4v) is 1.96. The summed E-state index contributed by atoms with van der Waals surface area (Å²) in [6.45, 7) is 8.08. The number of nitrogens with zero attached hydrogens (tertiary/aromatic N) is 1.